The first-order valence-corrected chi connectivity index (χ1v) is 7.09. The second kappa shape index (κ2) is 5.40. The zero-order chi connectivity index (χ0) is 13.3. The van der Waals surface area contributed by atoms with Crippen molar-refractivity contribution in [2.75, 3.05) is 0 Å². The lowest BCUT2D eigenvalue weighted by Gasteiger charge is -2.04. The number of aromatic amines is 1. The van der Waals surface area contributed by atoms with Crippen LogP contribution in [-0.4, -0.2) is 9.97 Å². The van der Waals surface area contributed by atoms with Gasteiger partial charge < -0.3 is 9.40 Å². The summed E-state index contributed by atoms with van der Waals surface area (Å²) in [7, 11) is 0. The van der Waals surface area contributed by atoms with Gasteiger partial charge in [-0.2, -0.15) is 0 Å². The summed E-state index contributed by atoms with van der Waals surface area (Å²) in [6, 6.07) is 3.29. The minimum atomic E-state index is -0.167. The molecule has 96 valence electrons. The summed E-state index contributed by atoms with van der Waals surface area (Å²) < 4.78 is 6.82. The van der Waals surface area contributed by atoms with Gasteiger partial charge in [-0.1, -0.05) is 13.8 Å². The summed E-state index contributed by atoms with van der Waals surface area (Å²) >= 11 is 6.59. The number of nitrogens with one attached hydrogen (secondary N) is 1. The third-order valence-corrected chi connectivity index (χ3v) is 4.00. The molecule has 1 N–H and O–H groups in total. The van der Waals surface area contributed by atoms with Crippen LogP contribution < -0.4 is 5.56 Å². The predicted molar refractivity (Wildman–Crippen MR) is 76.5 cm³/mol. The maximum absolute atomic E-state index is 11.6. The zero-order valence-corrected chi connectivity index (χ0v) is 13.1. The molecule has 2 aromatic heterocycles. The van der Waals surface area contributed by atoms with Crippen LogP contribution in [0.2, 0.25) is 0 Å². The molecular formula is C12H12Br2N2O2. The molecule has 0 saturated carbocycles. The third-order valence-electron chi connectivity index (χ3n) is 2.29. The van der Waals surface area contributed by atoms with Gasteiger partial charge in [0.2, 0.25) is 0 Å². The van der Waals surface area contributed by atoms with Crippen molar-refractivity contribution in [2.45, 2.75) is 20.3 Å². The van der Waals surface area contributed by atoms with Crippen molar-refractivity contribution in [1.82, 2.24) is 9.97 Å². The Balaban J connectivity index is 2.44. The van der Waals surface area contributed by atoms with Crippen LogP contribution in [0.15, 0.2) is 30.5 Å². The molecule has 0 radical (unpaired) electrons. The van der Waals surface area contributed by atoms with E-state index in [1.54, 1.807) is 6.07 Å². The standard InChI is InChI=1S/C12H12Br2N2O2/c1-6(2)3-7-4-10(17)16-12(15-7)9-5-8(13)11(14)18-9/h4-6H,3H2,1-2H3,(H,15,16,17). The summed E-state index contributed by atoms with van der Waals surface area (Å²) in [6.45, 7) is 4.17. The number of furan rings is 1. The van der Waals surface area contributed by atoms with E-state index in [0.29, 0.717) is 22.2 Å². The molecule has 18 heavy (non-hydrogen) atoms. The van der Waals surface area contributed by atoms with Crippen molar-refractivity contribution >= 4 is 31.9 Å². The van der Waals surface area contributed by atoms with Crippen LogP contribution in [-0.2, 0) is 6.42 Å². The van der Waals surface area contributed by atoms with E-state index in [1.807, 2.05) is 0 Å². The molecule has 4 nitrogen and oxygen atoms in total. The van der Waals surface area contributed by atoms with E-state index in [4.69, 9.17) is 4.42 Å². The largest absolute Gasteiger partial charge is 0.445 e. The van der Waals surface area contributed by atoms with Crippen molar-refractivity contribution < 1.29 is 4.42 Å². The molecule has 0 aromatic carbocycles. The first-order valence-electron chi connectivity index (χ1n) is 5.51. The summed E-state index contributed by atoms with van der Waals surface area (Å²) in [5.41, 5.74) is 0.603. The Hall–Kier alpha value is -0.880. The van der Waals surface area contributed by atoms with Crippen molar-refractivity contribution in [3.8, 4) is 11.6 Å². The van der Waals surface area contributed by atoms with Gasteiger partial charge in [0.25, 0.3) is 5.56 Å². The molecule has 0 bridgehead atoms. The third kappa shape index (κ3) is 3.11. The van der Waals surface area contributed by atoms with Crippen LogP contribution >= 0.6 is 31.9 Å². The average Bonchev–Trinajstić information content (AvgIpc) is 2.57. The minimum Gasteiger partial charge on any atom is -0.445 e. The molecule has 0 aliphatic carbocycles. The lowest BCUT2D eigenvalue weighted by atomic mass is 10.1. The summed E-state index contributed by atoms with van der Waals surface area (Å²) in [5, 5.41) is 0. The van der Waals surface area contributed by atoms with E-state index < -0.39 is 0 Å². The fraction of sp³-hybridized carbons (Fsp3) is 0.333. The van der Waals surface area contributed by atoms with Crippen LogP contribution in [0.3, 0.4) is 0 Å². The Bertz CT molecular complexity index is 597. The SMILES string of the molecule is CC(C)Cc1cc(=O)[nH]c(-c2cc(Br)c(Br)o2)n1. The first-order chi connectivity index (χ1) is 8.45. The highest BCUT2D eigenvalue weighted by atomic mass is 79.9. The van der Waals surface area contributed by atoms with Crippen LogP contribution in [0.5, 0.6) is 0 Å². The predicted octanol–water partition coefficient (Wildman–Crippen LogP) is 3.75. The maximum Gasteiger partial charge on any atom is 0.251 e. The number of nitrogens with zero attached hydrogens (tertiary/aromatic N) is 1. The minimum absolute atomic E-state index is 0.167. The summed E-state index contributed by atoms with van der Waals surface area (Å²) in [4.78, 5) is 18.7. The van der Waals surface area contributed by atoms with Gasteiger partial charge in [0.15, 0.2) is 16.3 Å². The molecule has 2 aromatic rings. The van der Waals surface area contributed by atoms with Gasteiger partial charge in [0.05, 0.1) is 4.47 Å². The summed E-state index contributed by atoms with van der Waals surface area (Å²) in [6.07, 6.45) is 0.764. The Labute approximate surface area is 121 Å². The van der Waals surface area contributed by atoms with Gasteiger partial charge in [0, 0.05) is 17.8 Å². The smallest absolute Gasteiger partial charge is 0.251 e. The first kappa shape index (κ1) is 13.5. The van der Waals surface area contributed by atoms with Crippen molar-refractivity contribution in [1.29, 1.82) is 0 Å². The fourth-order valence-electron chi connectivity index (χ4n) is 1.61. The van der Waals surface area contributed by atoms with Crippen molar-refractivity contribution in [3.05, 3.63) is 37.3 Å². The van der Waals surface area contributed by atoms with Crippen LogP contribution in [0, 0.1) is 5.92 Å². The average molecular weight is 376 g/mol. The molecule has 0 atom stereocenters. The second-order valence-electron chi connectivity index (χ2n) is 4.42. The van der Waals surface area contributed by atoms with E-state index >= 15 is 0 Å². The number of hydrogen-bond acceptors (Lipinski definition) is 3. The van der Waals surface area contributed by atoms with Gasteiger partial charge >= 0.3 is 0 Å². The molecule has 2 rings (SSSR count). The normalized spacial score (nSPS) is 11.2. The van der Waals surface area contributed by atoms with Crippen LogP contribution in [0.4, 0.5) is 0 Å². The van der Waals surface area contributed by atoms with Crippen molar-refractivity contribution in [2.24, 2.45) is 5.92 Å². The van der Waals surface area contributed by atoms with E-state index in [2.05, 4.69) is 55.7 Å². The van der Waals surface area contributed by atoms with E-state index in [1.165, 1.54) is 6.07 Å². The second-order valence-corrected chi connectivity index (χ2v) is 5.99. The molecule has 0 spiro atoms. The molecule has 0 fully saturated rings. The number of halogens is 2. The van der Waals surface area contributed by atoms with Gasteiger partial charge in [0.1, 0.15) is 0 Å². The molecule has 6 heteroatoms. The topological polar surface area (TPSA) is 58.9 Å². The molecule has 0 aliphatic heterocycles. The Morgan fingerprint density at radius 3 is 2.67 bits per heavy atom. The van der Waals surface area contributed by atoms with Gasteiger partial charge in [-0.25, -0.2) is 4.98 Å². The Morgan fingerprint density at radius 2 is 2.11 bits per heavy atom. The quantitative estimate of drug-likeness (QED) is 0.888. The number of hydrogen-bond donors (Lipinski definition) is 1. The lowest BCUT2D eigenvalue weighted by Crippen LogP contribution is -2.11. The molecule has 2 heterocycles. The van der Waals surface area contributed by atoms with Crippen LogP contribution in [0.25, 0.3) is 11.6 Å². The molecular weight excluding hydrogens is 364 g/mol. The Morgan fingerprint density at radius 1 is 1.39 bits per heavy atom. The van der Waals surface area contributed by atoms with Gasteiger partial charge in [-0.05, 0) is 44.2 Å². The monoisotopic (exact) mass is 374 g/mol. The Kier molecular flexibility index (Phi) is 4.07. The number of H-pyrrole nitrogens is 1. The highest BCUT2D eigenvalue weighted by molar-refractivity contribution is 9.13. The summed E-state index contributed by atoms with van der Waals surface area (Å²) in [5.74, 6) is 1.42. The number of rotatable bonds is 3. The molecule has 0 aliphatic rings. The van der Waals surface area contributed by atoms with Crippen LogP contribution in [0.1, 0.15) is 19.5 Å². The molecule has 0 saturated heterocycles. The van der Waals surface area contributed by atoms with E-state index in [-0.39, 0.29) is 5.56 Å². The fourth-order valence-corrected chi connectivity index (χ4v) is 2.19. The molecule has 0 unspecified atom stereocenters. The zero-order valence-electron chi connectivity index (χ0n) is 9.96. The van der Waals surface area contributed by atoms with Gasteiger partial charge in [-0.15, -0.1) is 0 Å². The maximum atomic E-state index is 11.6. The molecule has 0 amide bonds. The highest BCUT2D eigenvalue weighted by Gasteiger charge is 2.12. The van der Waals surface area contributed by atoms with E-state index in [9.17, 15) is 4.79 Å². The lowest BCUT2D eigenvalue weighted by molar-refractivity contribution is 0.547. The van der Waals surface area contributed by atoms with Gasteiger partial charge in [-0.3, -0.25) is 4.79 Å². The van der Waals surface area contributed by atoms with Crippen molar-refractivity contribution in [3.63, 3.8) is 0 Å². The number of aromatic nitrogens is 2. The van der Waals surface area contributed by atoms with E-state index in [0.717, 1.165) is 16.6 Å². The highest BCUT2D eigenvalue weighted by Crippen LogP contribution is 2.30.